The molecule has 0 aromatic heterocycles. The maximum atomic E-state index is 12.8. The van der Waals surface area contributed by atoms with Crippen molar-refractivity contribution in [3.8, 4) is 0 Å². The average Bonchev–Trinajstić information content (AvgIpc) is 3.24. The predicted octanol–water partition coefficient (Wildman–Crippen LogP) is 16.3. The van der Waals surface area contributed by atoms with Crippen LogP contribution in [-0.2, 0) is 28.6 Å². The van der Waals surface area contributed by atoms with Crippen LogP contribution >= 0.6 is 0 Å². The smallest absolute Gasteiger partial charge is 0.306 e. The van der Waals surface area contributed by atoms with E-state index in [0.717, 1.165) is 64.2 Å². The van der Waals surface area contributed by atoms with Crippen molar-refractivity contribution in [3.05, 3.63) is 72.9 Å². The maximum Gasteiger partial charge on any atom is 0.306 e. The molecule has 1 atom stereocenters. The molecule has 0 saturated heterocycles. The molecule has 0 fully saturated rings. The van der Waals surface area contributed by atoms with E-state index >= 15 is 0 Å². The summed E-state index contributed by atoms with van der Waals surface area (Å²) in [5.41, 5.74) is 0. The topological polar surface area (TPSA) is 78.9 Å². The van der Waals surface area contributed by atoms with Gasteiger partial charge in [-0.15, -0.1) is 0 Å². The Hall–Kier alpha value is -3.15. The van der Waals surface area contributed by atoms with Crippen LogP contribution in [0.3, 0.4) is 0 Å². The van der Waals surface area contributed by atoms with Gasteiger partial charge in [-0.05, 0) is 57.8 Å². The molecule has 0 N–H and O–H groups in total. The fraction of sp³-hybridized carbons (Fsp3) is 0.722. The predicted molar refractivity (Wildman–Crippen MR) is 256 cm³/mol. The zero-order chi connectivity index (χ0) is 43.7. The zero-order valence-corrected chi connectivity index (χ0v) is 39.2. The number of carbonyl (C=O) groups is 3. The van der Waals surface area contributed by atoms with E-state index in [9.17, 15) is 14.4 Å². The molecule has 0 aromatic carbocycles. The molecule has 6 nitrogen and oxygen atoms in total. The van der Waals surface area contributed by atoms with Gasteiger partial charge in [-0.1, -0.05) is 229 Å². The van der Waals surface area contributed by atoms with Crippen molar-refractivity contribution in [2.45, 2.75) is 239 Å². The molecule has 344 valence electrons. The highest BCUT2D eigenvalue weighted by Gasteiger charge is 2.19. The monoisotopic (exact) mass is 837 g/mol. The lowest BCUT2D eigenvalue weighted by Crippen LogP contribution is -2.30. The van der Waals surface area contributed by atoms with Crippen molar-refractivity contribution in [2.75, 3.05) is 13.2 Å². The summed E-state index contributed by atoms with van der Waals surface area (Å²) in [6.07, 6.45) is 60.4. The number of unbranched alkanes of at least 4 members (excludes halogenated alkanes) is 25. The maximum absolute atomic E-state index is 12.8. The Bertz CT molecular complexity index is 1140. The summed E-state index contributed by atoms with van der Waals surface area (Å²) in [6.45, 7) is 6.41. The summed E-state index contributed by atoms with van der Waals surface area (Å²) in [5, 5.41) is 0. The van der Waals surface area contributed by atoms with E-state index in [4.69, 9.17) is 14.2 Å². The Morgan fingerprint density at radius 3 is 1.13 bits per heavy atom. The minimum atomic E-state index is -0.809. The van der Waals surface area contributed by atoms with Gasteiger partial charge in [0.25, 0.3) is 0 Å². The second-order valence-corrected chi connectivity index (χ2v) is 16.5. The number of allylic oxidation sites excluding steroid dienone is 12. The first-order valence-corrected chi connectivity index (χ1v) is 25.0. The van der Waals surface area contributed by atoms with Crippen molar-refractivity contribution in [1.82, 2.24) is 0 Å². The molecule has 0 aromatic rings. The molecule has 0 aliphatic heterocycles. The summed E-state index contributed by atoms with van der Waals surface area (Å²) < 4.78 is 16.7. The van der Waals surface area contributed by atoms with Crippen molar-refractivity contribution in [1.29, 1.82) is 0 Å². The molecule has 0 spiro atoms. The van der Waals surface area contributed by atoms with Gasteiger partial charge in [0.05, 0.1) is 0 Å². The lowest BCUT2D eigenvalue weighted by atomic mass is 10.0. The number of rotatable bonds is 44. The van der Waals surface area contributed by atoms with Crippen molar-refractivity contribution in [3.63, 3.8) is 0 Å². The molecular formula is C54H92O6. The van der Waals surface area contributed by atoms with Crippen LogP contribution in [0.2, 0.25) is 0 Å². The van der Waals surface area contributed by atoms with E-state index in [1.54, 1.807) is 0 Å². The number of hydrogen-bond donors (Lipinski definition) is 0. The van der Waals surface area contributed by atoms with Crippen molar-refractivity contribution < 1.29 is 28.6 Å². The van der Waals surface area contributed by atoms with Gasteiger partial charge < -0.3 is 14.2 Å². The lowest BCUT2D eigenvalue weighted by molar-refractivity contribution is -0.167. The molecule has 0 rings (SSSR count). The van der Waals surface area contributed by atoms with E-state index in [2.05, 4.69) is 39.0 Å². The first-order valence-electron chi connectivity index (χ1n) is 25.0. The van der Waals surface area contributed by atoms with Gasteiger partial charge in [-0.3, -0.25) is 14.4 Å². The van der Waals surface area contributed by atoms with E-state index < -0.39 is 6.10 Å². The third-order valence-corrected chi connectivity index (χ3v) is 10.6. The highest BCUT2D eigenvalue weighted by molar-refractivity contribution is 5.71. The Balaban J connectivity index is 4.48. The molecule has 0 radical (unpaired) electrons. The largest absolute Gasteiger partial charge is 0.462 e. The minimum Gasteiger partial charge on any atom is -0.462 e. The van der Waals surface area contributed by atoms with Crippen molar-refractivity contribution in [2.24, 2.45) is 0 Å². The Labute approximate surface area is 370 Å². The average molecular weight is 837 g/mol. The van der Waals surface area contributed by atoms with Crippen LogP contribution < -0.4 is 0 Å². The second kappa shape index (κ2) is 48.5. The first kappa shape index (κ1) is 56.9. The van der Waals surface area contributed by atoms with Crippen molar-refractivity contribution >= 4 is 17.9 Å². The fourth-order valence-corrected chi connectivity index (χ4v) is 6.82. The van der Waals surface area contributed by atoms with E-state index in [0.29, 0.717) is 19.3 Å². The van der Waals surface area contributed by atoms with Gasteiger partial charge in [0.1, 0.15) is 13.2 Å². The van der Waals surface area contributed by atoms with Gasteiger partial charge >= 0.3 is 17.9 Å². The quantitative estimate of drug-likeness (QED) is 0.0200. The number of hydrogen-bond acceptors (Lipinski definition) is 6. The lowest BCUT2D eigenvalue weighted by Gasteiger charge is -2.18. The highest BCUT2D eigenvalue weighted by Crippen LogP contribution is 2.15. The molecule has 0 aliphatic carbocycles. The summed E-state index contributed by atoms with van der Waals surface area (Å²) >= 11 is 0. The number of esters is 3. The number of ether oxygens (including phenoxy) is 3. The van der Waals surface area contributed by atoms with Crippen LogP contribution in [0.5, 0.6) is 0 Å². The van der Waals surface area contributed by atoms with E-state index in [1.165, 1.54) is 122 Å². The van der Waals surface area contributed by atoms with Crippen LogP contribution in [0.4, 0.5) is 0 Å². The van der Waals surface area contributed by atoms with Crippen LogP contribution in [0.25, 0.3) is 0 Å². The van der Waals surface area contributed by atoms with Gasteiger partial charge in [-0.25, -0.2) is 0 Å². The van der Waals surface area contributed by atoms with E-state index in [1.807, 2.05) is 54.7 Å². The summed E-state index contributed by atoms with van der Waals surface area (Å²) in [7, 11) is 0. The third-order valence-electron chi connectivity index (χ3n) is 10.6. The molecule has 1 unspecified atom stereocenters. The Kier molecular flexibility index (Phi) is 46.0. The van der Waals surface area contributed by atoms with Gasteiger partial charge in [0.2, 0.25) is 0 Å². The molecule has 0 saturated carbocycles. The first-order chi connectivity index (χ1) is 29.5. The van der Waals surface area contributed by atoms with E-state index in [-0.39, 0.29) is 37.5 Å². The highest BCUT2D eigenvalue weighted by atomic mass is 16.6. The molecule has 6 heteroatoms. The molecule has 0 aliphatic rings. The summed E-state index contributed by atoms with van der Waals surface area (Å²) in [5.74, 6) is -0.994. The van der Waals surface area contributed by atoms with Gasteiger partial charge in [-0.2, -0.15) is 0 Å². The molecule has 0 amide bonds. The summed E-state index contributed by atoms with van der Waals surface area (Å²) in [4.78, 5) is 37.9. The Morgan fingerprint density at radius 2 is 0.683 bits per heavy atom. The summed E-state index contributed by atoms with van der Waals surface area (Å²) in [6, 6.07) is 0. The van der Waals surface area contributed by atoms with Crippen LogP contribution in [0.1, 0.15) is 233 Å². The molecule has 60 heavy (non-hydrogen) atoms. The van der Waals surface area contributed by atoms with Crippen LogP contribution in [-0.4, -0.2) is 37.2 Å². The minimum absolute atomic E-state index is 0.102. The third kappa shape index (κ3) is 45.9. The number of carbonyl (C=O) groups excluding carboxylic acids is 3. The SMILES string of the molecule is CC\C=C/C=C\C=C/C=C\C=C/CCCC(=O)OCC(COC(=O)CCCCCCCCCCCCCCCCC)OC(=O)CCCCC/C=C\CCCCCCCCC. The van der Waals surface area contributed by atoms with Gasteiger partial charge in [0, 0.05) is 19.3 Å². The molecule has 0 bridgehead atoms. The zero-order valence-electron chi connectivity index (χ0n) is 39.2. The van der Waals surface area contributed by atoms with Crippen LogP contribution in [0.15, 0.2) is 72.9 Å². The normalized spacial score (nSPS) is 12.7. The Morgan fingerprint density at radius 1 is 0.350 bits per heavy atom. The standard InChI is InChI=1S/C54H92O6/c1-4-7-10-13-16-19-22-25-27-30-32-35-38-41-44-47-53(56)59-50-51(49-58-52(55)46-43-40-37-34-31-28-24-21-18-15-12-9-6-3)60-54(57)48-45-42-39-36-33-29-26-23-20-17-14-11-8-5-2/h9,12,15,18,21,24,28-29,31,33-34,37,51H,4-8,10-11,13-14,16-17,19-20,22-23,25-27,30,32,35-36,38-50H2,1-3H3/b12-9-,18-15-,24-21-,31-28-,33-29-,37-34-. The molecular weight excluding hydrogens is 745 g/mol. The van der Waals surface area contributed by atoms with Crippen LogP contribution in [0, 0.1) is 0 Å². The molecule has 0 heterocycles. The second-order valence-electron chi connectivity index (χ2n) is 16.5. The van der Waals surface area contributed by atoms with Gasteiger partial charge in [0.15, 0.2) is 6.10 Å². The fourth-order valence-electron chi connectivity index (χ4n) is 6.82.